The first-order chi connectivity index (χ1) is 8.40. The molecule has 1 aromatic heterocycles. The Bertz CT molecular complexity index is 546. The minimum absolute atomic E-state index is 0.110. The molecule has 1 aromatic rings. The van der Waals surface area contributed by atoms with E-state index in [0.29, 0.717) is 0 Å². The summed E-state index contributed by atoms with van der Waals surface area (Å²) in [6.45, 7) is -0.295. The van der Waals surface area contributed by atoms with Crippen molar-refractivity contribution in [2.24, 2.45) is 7.05 Å². The number of halogens is 1. The lowest BCUT2D eigenvalue weighted by atomic mass is 10.5. The first-order valence-electron chi connectivity index (χ1n) is 5.24. The van der Waals surface area contributed by atoms with Gasteiger partial charge in [0.15, 0.2) is 4.60 Å². The van der Waals surface area contributed by atoms with Gasteiger partial charge in [-0.1, -0.05) is 5.21 Å². The molecule has 0 saturated heterocycles. The molecule has 1 aliphatic rings. The number of aryl methyl sites for hydroxylation is 1. The van der Waals surface area contributed by atoms with Crippen LogP contribution in [0.3, 0.4) is 0 Å². The SMILES string of the molecule is Cn1nnc(Br)c1S(=O)(=O)NCC(=O)NC1CC1. The van der Waals surface area contributed by atoms with Crippen LogP contribution in [0.1, 0.15) is 12.8 Å². The number of rotatable bonds is 5. The number of aromatic nitrogens is 3. The molecule has 0 bridgehead atoms. The quantitative estimate of drug-likeness (QED) is 0.726. The predicted molar refractivity (Wildman–Crippen MR) is 65.1 cm³/mol. The third kappa shape index (κ3) is 3.06. The van der Waals surface area contributed by atoms with Gasteiger partial charge in [0.2, 0.25) is 10.9 Å². The van der Waals surface area contributed by atoms with Crippen LogP contribution in [0, 0.1) is 0 Å². The predicted octanol–water partition coefficient (Wildman–Crippen LogP) is -0.865. The molecule has 100 valence electrons. The summed E-state index contributed by atoms with van der Waals surface area (Å²) in [7, 11) is -2.35. The highest BCUT2D eigenvalue weighted by atomic mass is 79.9. The van der Waals surface area contributed by atoms with Crippen LogP contribution in [0.5, 0.6) is 0 Å². The van der Waals surface area contributed by atoms with Crippen molar-refractivity contribution in [3.63, 3.8) is 0 Å². The van der Waals surface area contributed by atoms with Crippen LogP contribution in [0.25, 0.3) is 0 Å². The first kappa shape index (κ1) is 13.4. The van der Waals surface area contributed by atoms with Gasteiger partial charge in [-0.2, -0.15) is 0 Å². The van der Waals surface area contributed by atoms with E-state index in [0.717, 1.165) is 17.5 Å². The number of hydrogen-bond donors (Lipinski definition) is 2. The molecule has 1 aliphatic carbocycles. The summed E-state index contributed by atoms with van der Waals surface area (Å²) in [5, 5.41) is 9.72. The lowest BCUT2D eigenvalue weighted by molar-refractivity contribution is -0.120. The second-order valence-corrected chi connectivity index (χ2v) is 6.41. The van der Waals surface area contributed by atoms with Gasteiger partial charge in [-0.05, 0) is 28.8 Å². The Hall–Kier alpha value is -1.00. The van der Waals surface area contributed by atoms with Crippen molar-refractivity contribution >= 4 is 31.9 Å². The summed E-state index contributed by atoms with van der Waals surface area (Å²) >= 11 is 3.00. The Morgan fingerprint density at radius 3 is 2.72 bits per heavy atom. The van der Waals surface area contributed by atoms with Crippen LogP contribution in [-0.4, -0.2) is 41.9 Å². The maximum absolute atomic E-state index is 11.9. The lowest BCUT2D eigenvalue weighted by Crippen LogP contribution is -2.38. The third-order valence-electron chi connectivity index (χ3n) is 2.36. The second kappa shape index (κ2) is 4.94. The fraction of sp³-hybridized carbons (Fsp3) is 0.625. The largest absolute Gasteiger partial charge is 0.352 e. The van der Waals surface area contributed by atoms with E-state index in [9.17, 15) is 13.2 Å². The number of carbonyl (C=O) groups excluding carboxylic acids is 1. The average Bonchev–Trinajstić information content (AvgIpc) is 3.01. The van der Waals surface area contributed by atoms with Gasteiger partial charge in [-0.3, -0.25) is 4.79 Å². The van der Waals surface area contributed by atoms with E-state index in [1.54, 1.807) is 0 Å². The molecule has 0 atom stereocenters. The van der Waals surface area contributed by atoms with Crippen molar-refractivity contribution in [3.05, 3.63) is 4.60 Å². The Morgan fingerprint density at radius 1 is 1.56 bits per heavy atom. The van der Waals surface area contributed by atoms with Crippen LogP contribution in [-0.2, 0) is 21.9 Å². The van der Waals surface area contributed by atoms with Gasteiger partial charge in [-0.15, -0.1) is 5.10 Å². The second-order valence-electron chi connectivity index (χ2n) is 3.98. The van der Waals surface area contributed by atoms with Crippen LogP contribution < -0.4 is 10.0 Å². The van der Waals surface area contributed by atoms with Crippen LogP contribution in [0.15, 0.2) is 9.63 Å². The summed E-state index contributed by atoms with van der Waals surface area (Å²) < 4.78 is 27.3. The molecule has 1 heterocycles. The van der Waals surface area contributed by atoms with Crippen LogP contribution in [0.2, 0.25) is 0 Å². The zero-order valence-corrected chi connectivity index (χ0v) is 12.0. The summed E-state index contributed by atoms with van der Waals surface area (Å²) in [6, 6.07) is 0.201. The fourth-order valence-electron chi connectivity index (χ4n) is 1.34. The number of amides is 1. The van der Waals surface area contributed by atoms with E-state index < -0.39 is 10.0 Å². The molecule has 1 amide bonds. The van der Waals surface area contributed by atoms with Crippen molar-refractivity contribution in [2.75, 3.05) is 6.54 Å². The van der Waals surface area contributed by atoms with Gasteiger partial charge in [0.25, 0.3) is 10.0 Å². The zero-order chi connectivity index (χ0) is 13.3. The van der Waals surface area contributed by atoms with Gasteiger partial charge in [0.05, 0.1) is 6.54 Å². The highest BCUT2D eigenvalue weighted by Crippen LogP contribution is 2.19. The molecule has 2 N–H and O–H groups in total. The number of nitrogens with one attached hydrogen (secondary N) is 2. The number of carbonyl (C=O) groups is 1. The maximum Gasteiger partial charge on any atom is 0.261 e. The van der Waals surface area contributed by atoms with Gasteiger partial charge >= 0.3 is 0 Å². The highest BCUT2D eigenvalue weighted by molar-refractivity contribution is 9.10. The van der Waals surface area contributed by atoms with E-state index in [1.807, 2.05) is 0 Å². The molecule has 0 unspecified atom stereocenters. The van der Waals surface area contributed by atoms with E-state index in [1.165, 1.54) is 7.05 Å². The monoisotopic (exact) mass is 337 g/mol. The summed E-state index contributed by atoms with van der Waals surface area (Å²) in [5.74, 6) is -0.340. The Balaban J connectivity index is 2.01. The van der Waals surface area contributed by atoms with Gasteiger partial charge in [-0.25, -0.2) is 17.8 Å². The maximum atomic E-state index is 11.9. The molecule has 0 aromatic carbocycles. The Labute approximate surface area is 112 Å². The summed E-state index contributed by atoms with van der Waals surface area (Å²) in [6.07, 6.45) is 1.91. The van der Waals surface area contributed by atoms with Crippen molar-refractivity contribution in [2.45, 2.75) is 23.9 Å². The van der Waals surface area contributed by atoms with Crippen molar-refractivity contribution in [1.82, 2.24) is 25.0 Å². The average molecular weight is 338 g/mol. The Kier molecular flexibility index (Phi) is 3.69. The van der Waals surface area contributed by atoms with Crippen molar-refractivity contribution < 1.29 is 13.2 Å². The van der Waals surface area contributed by atoms with Gasteiger partial charge in [0, 0.05) is 13.1 Å². The minimum atomic E-state index is -3.81. The van der Waals surface area contributed by atoms with Crippen molar-refractivity contribution in [3.8, 4) is 0 Å². The third-order valence-corrected chi connectivity index (χ3v) is 4.64. The first-order valence-corrected chi connectivity index (χ1v) is 7.52. The highest BCUT2D eigenvalue weighted by Gasteiger charge is 2.26. The zero-order valence-electron chi connectivity index (χ0n) is 9.55. The van der Waals surface area contributed by atoms with Crippen LogP contribution >= 0.6 is 15.9 Å². The molecule has 0 radical (unpaired) electrons. The molecular formula is C8H12BrN5O3S. The number of nitrogens with zero attached hydrogens (tertiary/aromatic N) is 3. The summed E-state index contributed by atoms with van der Waals surface area (Å²) in [4.78, 5) is 11.4. The molecule has 1 fully saturated rings. The number of hydrogen-bond acceptors (Lipinski definition) is 5. The molecule has 1 saturated carbocycles. The molecule has 2 rings (SSSR count). The molecule has 0 aliphatic heterocycles. The minimum Gasteiger partial charge on any atom is -0.352 e. The van der Waals surface area contributed by atoms with Crippen LogP contribution in [0.4, 0.5) is 0 Å². The van der Waals surface area contributed by atoms with E-state index in [4.69, 9.17) is 0 Å². The van der Waals surface area contributed by atoms with Gasteiger partial charge < -0.3 is 5.32 Å². The van der Waals surface area contributed by atoms with E-state index in [2.05, 4.69) is 36.3 Å². The molecule has 8 nitrogen and oxygen atoms in total. The molecule has 0 spiro atoms. The van der Waals surface area contributed by atoms with Crippen molar-refractivity contribution in [1.29, 1.82) is 0 Å². The number of sulfonamides is 1. The summed E-state index contributed by atoms with van der Waals surface area (Å²) in [5.41, 5.74) is 0. The smallest absolute Gasteiger partial charge is 0.261 e. The van der Waals surface area contributed by atoms with E-state index >= 15 is 0 Å². The lowest BCUT2D eigenvalue weighted by Gasteiger charge is -2.07. The van der Waals surface area contributed by atoms with E-state index in [-0.39, 0.29) is 28.1 Å². The normalized spacial score (nSPS) is 15.7. The molecule has 10 heteroatoms. The molecular weight excluding hydrogens is 326 g/mol. The van der Waals surface area contributed by atoms with Gasteiger partial charge in [0.1, 0.15) is 0 Å². The molecule has 18 heavy (non-hydrogen) atoms. The Morgan fingerprint density at radius 2 is 2.22 bits per heavy atom. The topological polar surface area (TPSA) is 106 Å². The fourth-order valence-corrected chi connectivity index (χ4v) is 3.41. The standard InChI is InChI=1S/C8H12BrN5O3S/c1-14-8(7(9)12-13-14)18(16,17)10-4-6(15)11-5-2-3-5/h5,10H,2-4H2,1H3,(H,11,15).